The van der Waals surface area contributed by atoms with Crippen LogP contribution >= 0.6 is 0 Å². The molecule has 1 aliphatic heterocycles. The third-order valence-corrected chi connectivity index (χ3v) is 4.72. The van der Waals surface area contributed by atoms with Gasteiger partial charge >= 0.3 is 12.1 Å². The molecule has 0 spiro atoms. The van der Waals surface area contributed by atoms with Crippen LogP contribution in [0.25, 0.3) is 0 Å². The molecule has 30 heavy (non-hydrogen) atoms. The van der Waals surface area contributed by atoms with E-state index in [1.165, 1.54) is 5.06 Å². The number of rotatable bonds is 9. The van der Waals surface area contributed by atoms with Gasteiger partial charge in [0, 0.05) is 12.6 Å². The van der Waals surface area contributed by atoms with Crippen molar-refractivity contribution in [1.29, 1.82) is 0 Å². The van der Waals surface area contributed by atoms with Crippen LogP contribution in [-0.4, -0.2) is 53.0 Å². The Labute approximate surface area is 172 Å². The van der Waals surface area contributed by atoms with E-state index in [2.05, 4.69) is 5.32 Å². The van der Waals surface area contributed by atoms with Crippen LogP contribution in [0.3, 0.4) is 0 Å². The molecule has 1 aromatic carbocycles. The molecule has 0 aromatic heterocycles. The molecule has 1 heterocycles. The van der Waals surface area contributed by atoms with Gasteiger partial charge in [0.1, 0.15) is 25.0 Å². The number of carbonyl (C=O) groups is 4. The molecule has 158 valence electrons. The molecule has 2 aliphatic rings. The van der Waals surface area contributed by atoms with E-state index in [-0.39, 0.29) is 18.3 Å². The zero-order chi connectivity index (χ0) is 21.5. The summed E-state index contributed by atoms with van der Waals surface area (Å²) in [5.74, 6) is -2.08. The standard InChI is InChI=1S/C21H22N2O7/c24-18-8-4-7-15-10-23(11-16(15)18)30-13-19(25)17(9-20(26)27)22-21(28)29-12-14-5-2-1-3-6-14/h1-7,10,16-17H,8-9,11-13H2,(H,22,28)(H,26,27). The number of fused-ring (bicyclic) bond motifs is 1. The second-order valence-corrected chi connectivity index (χ2v) is 6.95. The molecule has 1 aromatic rings. The summed E-state index contributed by atoms with van der Waals surface area (Å²) in [5, 5.41) is 12.7. The summed E-state index contributed by atoms with van der Waals surface area (Å²) in [4.78, 5) is 52.8. The highest BCUT2D eigenvalue weighted by Gasteiger charge is 2.32. The summed E-state index contributed by atoms with van der Waals surface area (Å²) in [7, 11) is 0. The molecule has 0 saturated carbocycles. The van der Waals surface area contributed by atoms with Crippen LogP contribution in [0, 0.1) is 5.92 Å². The van der Waals surface area contributed by atoms with Crippen molar-refractivity contribution in [1.82, 2.24) is 10.4 Å². The molecule has 3 rings (SSSR count). The van der Waals surface area contributed by atoms with Gasteiger partial charge in [-0.2, -0.15) is 0 Å². The highest BCUT2D eigenvalue weighted by Crippen LogP contribution is 2.28. The minimum atomic E-state index is -1.30. The summed E-state index contributed by atoms with van der Waals surface area (Å²) in [5.41, 5.74) is 1.56. The molecule has 0 saturated heterocycles. The van der Waals surface area contributed by atoms with Crippen molar-refractivity contribution >= 4 is 23.6 Å². The molecule has 0 radical (unpaired) electrons. The topological polar surface area (TPSA) is 122 Å². The lowest BCUT2D eigenvalue weighted by atomic mass is 9.91. The monoisotopic (exact) mass is 414 g/mol. The zero-order valence-electron chi connectivity index (χ0n) is 16.2. The van der Waals surface area contributed by atoms with Crippen LogP contribution in [0.5, 0.6) is 0 Å². The number of ketones is 2. The Hall–Kier alpha value is -3.46. The molecule has 1 amide bonds. The number of hydrogen-bond donors (Lipinski definition) is 2. The van der Waals surface area contributed by atoms with Gasteiger partial charge in [-0.1, -0.05) is 42.5 Å². The minimum absolute atomic E-state index is 0.0125. The lowest BCUT2D eigenvalue weighted by Crippen LogP contribution is -2.44. The fraction of sp³-hybridized carbons (Fsp3) is 0.333. The van der Waals surface area contributed by atoms with Crippen LogP contribution in [0.15, 0.2) is 54.3 Å². The first-order valence-electron chi connectivity index (χ1n) is 9.44. The van der Waals surface area contributed by atoms with Gasteiger partial charge in [0.2, 0.25) is 0 Å². The van der Waals surface area contributed by atoms with Crippen molar-refractivity contribution in [3.05, 3.63) is 59.8 Å². The molecule has 2 atom stereocenters. The Morgan fingerprint density at radius 2 is 2.00 bits per heavy atom. The van der Waals surface area contributed by atoms with E-state index in [0.717, 1.165) is 11.1 Å². The third kappa shape index (κ3) is 5.77. The summed E-state index contributed by atoms with van der Waals surface area (Å²) in [6.45, 7) is -0.172. The fourth-order valence-corrected chi connectivity index (χ4v) is 3.16. The summed E-state index contributed by atoms with van der Waals surface area (Å²) >= 11 is 0. The van der Waals surface area contributed by atoms with Gasteiger partial charge in [-0.25, -0.2) is 4.79 Å². The van der Waals surface area contributed by atoms with Gasteiger partial charge in [0.25, 0.3) is 0 Å². The third-order valence-electron chi connectivity index (χ3n) is 4.72. The average Bonchev–Trinajstić information content (AvgIpc) is 3.15. The summed E-state index contributed by atoms with van der Waals surface area (Å²) in [6.07, 6.45) is 4.11. The molecule has 0 fully saturated rings. The lowest BCUT2D eigenvalue weighted by molar-refractivity contribution is -0.153. The number of carboxylic acids is 1. The summed E-state index contributed by atoms with van der Waals surface area (Å²) < 4.78 is 5.04. The number of amides is 1. The number of allylic oxidation sites excluding steroid dienone is 2. The van der Waals surface area contributed by atoms with Gasteiger partial charge in [-0.15, -0.1) is 0 Å². The van der Waals surface area contributed by atoms with Gasteiger partial charge in [-0.05, 0) is 11.1 Å². The van der Waals surface area contributed by atoms with E-state index in [0.29, 0.717) is 13.0 Å². The van der Waals surface area contributed by atoms with E-state index in [4.69, 9.17) is 14.7 Å². The first-order valence-corrected chi connectivity index (χ1v) is 9.44. The predicted molar refractivity (Wildman–Crippen MR) is 104 cm³/mol. The number of nitrogens with one attached hydrogen (secondary N) is 1. The number of alkyl carbamates (subject to hydrolysis) is 1. The van der Waals surface area contributed by atoms with Crippen molar-refractivity contribution in [2.75, 3.05) is 13.2 Å². The molecule has 9 heteroatoms. The smallest absolute Gasteiger partial charge is 0.408 e. The Morgan fingerprint density at radius 1 is 1.23 bits per heavy atom. The first kappa shape index (κ1) is 21.3. The van der Waals surface area contributed by atoms with E-state index in [1.54, 1.807) is 36.5 Å². The number of hydrogen-bond acceptors (Lipinski definition) is 7. The highest BCUT2D eigenvalue weighted by atomic mass is 16.7. The van der Waals surface area contributed by atoms with Gasteiger partial charge < -0.3 is 15.2 Å². The van der Waals surface area contributed by atoms with Crippen LogP contribution in [0.4, 0.5) is 4.79 Å². The lowest BCUT2D eigenvalue weighted by Gasteiger charge is -2.20. The molecule has 2 unspecified atom stereocenters. The van der Waals surface area contributed by atoms with Crippen molar-refractivity contribution in [2.45, 2.75) is 25.5 Å². The first-order chi connectivity index (χ1) is 14.4. The Kier molecular flexibility index (Phi) is 6.97. The maximum Gasteiger partial charge on any atom is 0.408 e. The Bertz CT molecular complexity index is 879. The average molecular weight is 414 g/mol. The number of carbonyl (C=O) groups excluding carboxylic acids is 3. The largest absolute Gasteiger partial charge is 0.481 e. The number of aliphatic carboxylic acids is 1. The number of ether oxygens (including phenoxy) is 1. The van der Waals surface area contributed by atoms with E-state index >= 15 is 0 Å². The Morgan fingerprint density at radius 3 is 2.70 bits per heavy atom. The number of Topliss-reactive ketones (excluding diaryl/α,β-unsaturated/α-hetero) is 2. The number of hydroxylamine groups is 2. The second-order valence-electron chi connectivity index (χ2n) is 6.95. The van der Waals surface area contributed by atoms with E-state index < -0.39 is 36.9 Å². The molecular formula is C21H22N2O7. The quantitative estimate of drug-likeness (QED) is 0.625. The van der Waals surface area contributed by atoms with Crippen molar-refractivity contribution in [2.24, 2.45) is 5.92 Å². The van der Waals surface area contributed by atoms with E-state index in [9.17, 15) is 19.2 Å². The minimum Gasteiger partial charge on any atom is -0.481 e. The van der Waals surface area contributed by atoms with Gasteiger partial charge in [0.15, 0.2) is 5.78 Å². The van der Waals surface area contributed by atoms with Gasteiger partial charge in [-0.3, -0.25) is 24.3 Å². The SMILES string of the molecule is O=C(O)CC(NC(=O)OCc1ccccc1)C(=O)CON1C=C2C=CCC(=O)C2C1. The molecule has 9 nitrogen and oxygen atoms in total. The fourth-order valence-electron chi connectivity index (χ4n) is 3.16. The van der Waals surface area contributed by atoms with Crippen LogP contribution in [0.1, 0.15) is 18.4 Å². The van der Waals surface area contributed by atoms with Gasteiger partial charge in [0.05, 0.1) is 18.9 Å². The molecule has 2 N–H and O–H groups in total. The molecular weight excluding hydrogens is 392 g/mol. The second kappa shape index (κ2) is 9.84. The van der Waals surface area contributed by atoms with Crippen molar-refractivity contribution < 1.29 is 33.9 Å². The van der Waals surface area contributed by atoms with E-state index in [1.807, 2.05) is 12.1 Å². The Balaban J connectivity index is 1.50. The number of benzene rings is 1. The van der Waals surface area contributed by atoms with Crippen LogP contribution < -0.4 is 5.32 Å². The predicted octanol–water partition coefficient (Wildman–Crippen LogP) is 1.60. The van der Waals surface area contributed by atoms with Crippen molar-refractivity contribution in [3.8, 4) is 0 Å². The van der Waals surface area contributed by atoms with Crippen molar-refractivity contribution in [3.63, 3.8) is 0 Å². The summed E-state index contributed by atoms with van der Waals surface area (Å²) in [6, 6.07) is 7.63. The maximum atomic E-state index is 12.4. The zero-order valence-corrected chi connectivity index (χ0v) is 16.2. The number of nitrogens with zero attached hydrogens (tertiary/aromatic N) is 1. The van der Waals surface area contributed by atoms with Crippen LogP contribution in [-0.2, 0) is 30.6 Å². The molecule has 1 aliphatic carbocycles. The molecule has 0 bridgehead atoms. The van der Waals surface area contributed by atoms with Crippen LogP contribution in [0.2, 0.25) is 0 Å². The number of carboxylic acid groups (broad SMARTS) is 1. The maximum absolute atomic E-state index is 12.4. The highest BCUT2D eigenvalue weighted by molar-refractivity contribution is 5.91. The normalized spacial score (nSPS) is 18.4.